The lowest BCUT2D eigenvalue weighted by Gasteiger charge is -2.37. The molecule has 0 amide bonds. The number of ether oxygens (including phenoxy) is 1. The van der Waals surface area contributed by atoms with Gasteiger partial charge in [-0.1, -0.05) is 6.92 Å². The molecule has 1 aliphatic heterocycles. The molecule has 0 unspecified atom stereocenters. The van der Waals surface area contributed by atoms with Crippen molar-refractivity contribution >= 4 is 11.3 Å². The van der Waals surface area contributed by atoms with E-state index in [0.717, 1.165) is 60.5 Å². The molecule has 1 fully saturated rings. The number of pyridine rings is 1. The van der Waals surface area contributed by atoms with Gasteiger partial charge < -0.3 is 19.6 Å². The monoisotopic (exact) mass is 450 g/mol. The third kappa shape index (κ3) is 4.75. The molecule has 1 N–H and O–H groups in total. The molecule has 1 aliphatic rings. The summed E-state index contributed by atoms with van der Waals surface area (Å²) in [6, 6.07) is 10.2. The van der Waals surface area contributed by atoms with Crippen LogP contribution in [0.3, 0.4) is 0 Å². The molecule has 0 bridgehead atoms. The van der Waals surface area contributed by atoms with Gasteiger partial charge in [-0.3, -0.25) is 9.20 Å². The van der Waals surface area contributed by atoms with Gasteiger partial charge in [0.1, 0.15) is 11.4 Å². The summed E-state index contributed by atoms with van der Waals surface area (Å²) in [5.41, 5.74) is 5.34. The minimum absolute atomic E-state index is 0.0774. The summed E-state index contributed by atoms with van der Waals surface area (Å²) in [5.74, 6) is 0.853. The number of methoxy groups -OCH3 is 1. The number of aliphatic hydroxyl groups is 1. The summed E-state index contributed by atoms with van der Waals surface area (Å²) in [6.07, 6.45) is 4.84. The molecular weight excluding hydrogens is 416 g/mol. The fraction of sp³-hybridized carbons (Fsp3) is 0.462. The second-order valence-corrected chi connectivity index (χ2v) is 8.86. The predicted octanol–water partition coefficient (Wildman–Crippen LogP) is 3.13. The largest absolute Gasteiger partial charge is 0.496 e. The van der Waals surface area contributed by atoms with E-state index in [1.54, 1.807) is 17.6 Å². The van der Waals surface area contributed by atoms with Gasteiger partial charge in [0.15, 0.2) is 0 Å². The number of aromatic nitrogens is 2. The third-order valence-electron chi connectivity index (χ3n) is 6.79. The van der Waals surface area contributed by atoms with Gasteiger partial charge in [0.05, 0.1) is 25.1 Å². The van der Waals surface area contributed by atoms with E-state index in [0.29, 0.717) is 23.9 Å². The van der Waals surface area contributed by atoms with E-state index in [9.17, 15) is 9.90 Å². The van der Waals surface area contributed by atoms with Crippen LogP contribution in [0.5, 0.6) is 5.75 Å². The van der Waals surface area contributed by atoms with Crippen molar-refractivity contribution in [3.63, 3.8) is 0 Å². The Bertz CT molecular complexity index is 1180. The fourth-order valence-electron chi connectivity index (χ4n) is 4.79. The van der Waals surface area contributed by atoms with E-state index in [4.69, 9.17) is 9.72 Å². The first-order valence-corrected chi connectivity index (χ1v) is 11.7. The van der Waals surface area contributed by atoms with Gasteiger partial charge in [0.25, 0.3) is 5.56 Å². The van der Waals surface area contributed by atoms with Crippen LogP contribution in [-0.4, -0.2) is 65.8 Å². The van der Waals surface area contributed by atoms with Gasteiger partial charge in [-0.05, 0) is 68.6 Å². The van der Waals surface area contributed by atoms with Crippen molar-refractivity contribution in [1.29, 1.82) is 0 Å². The molecule has 0 atom stereocenters. The van der Waals surface area contributed by atoms with Gasteiger partial charge in [0, 0.05) is 43.5 Å². The second kappa shape index (κ2) is 9.93. The highest BCUT2D eigenvalue weighted by Gasteiger charge is 2.23. The van der Waals surface area contributed by atoms with Gasteiger partial charge in [0.2, 0.25) is 0 Å². The standard InChI is InChI=1S/C26H34N4O3/c1-5-19-15-20(6-7-24(19)33-4)23-16-25(32)30-17-22(14-18(2)26(30)27-23)29-10-8-21(9-11-29)28(3)12-13-31/h6-7,14-17,21,31H,5,8-13H2,1-4H3. The van der Waals surface area contributed by atoms with Crippen molar-refractivity contribution in [2.45, 2.75) is 39.2 Å². The molecule has 4 rings (SSSR count). The van der Waals surface area contributed by atoms with Crippen molar-refractivity contribution in [1.82, 2.24) is 14.3 Å². The first-order chi connectivity index (χ1) is 15.9. The number of likely N-dealkylation sites (N-methyl/N-ethyl adjacent to an activating group) is 1. The number of hydrogen-bond acceptors (Lipinski definition) is 6. The average Bonchev–Trinajstić information content (AvgIpc) is 2.84. The van der Waals surface area contributed by atoms with Gasteiger partial charge in [-0.25, -0.2) is 4.98 Å². The van der Waals surface area contributed by atoms with Crippen LogP contribution >= 0.6 is 0 Å². The Labute approximate surface area is 195 Å². The van der Waals surface area contributed by atoms with Crippen LogP contribution in [0.25, 0.3) is 16.9 Å². The van der Waals surface area contributed by atoms with Crippen molar-refractivity contribution in [3.8, 4) is 17.0 Å². The van der Waals surface area contributed by atoms with Crippen molar-refractivity contribution in [2.75, 3.05) is 45.3 Å². The summed E-state index contributed by atoms with van der Waals surface area (Å²) in [7, 11) is 3.75. The van der Waals surface area contributed by atoms with E-state index in [-0.39, 0.29) is 12.2 Å². The molecule has 176 valence electrons. The Balaban J connectivity index is 1.63. The van der Waals surface area contributed by atoms with Crippen LogP contribution in [0, 0.1) is 6.92 Å². The molecule has 2 aromatic heterocycles. The maximum atomic E-state index is 13.1. The quantitative estimate of drug-likeness (QED) is 0.596. The minimum Gasteiger partial charge on any atom is -0.496 e. The lowest BCUT2D eigenvalue weighted by molar-refractivity contribution is 0.162. The molecular formula is C26H34N4O3. The van der Waals surface area contributed by atoms with Crippen LogP contribution in [0.4, 0.5) is 5.69 Å². The second-order valence-electron chi connectivity index (χ2n) is 8.86. The highest BCUT2D eigenvalue weighted by Crippen LogP contribution is 2.28. The fourth-order valence-corrected chi connectivity index (χ4v) is 4.79. The molecule has 3 aromatic rings. The number of anilines is 1. The topological polar surface area (TPSA) is 70.3 Å². The van der Waals surface area contributed by atoms with Crippen LogP contribution in [0.2, 0.25) is 0 Å². The van der Waals surface area contributed by atoms with E-state index < -0.39 is 0 Å². The lowest BCUT2D eigenvalue weighted by atomic mass is 10.0. The molecule has 0 spiro atoms. The molecule has 3 heterocycles. The lowest BCUT2D eigenvalue weighted by Crippen LogP contribution is -2.44. The van der Waals surface area contributed by atoms with E-state index in [2.05, 4.69) is 35.9 Å². The maximum absolute atomic E-state index is 13.1. The summed E-state index contributed by atoms with van der Waals surface area (Å²) in [5, 5.41) is 9.20. The highest BCUT2D eigenvalue weighted by molar-refractivity contribution is 5.66. The maximum Gasteiger partial charge on any atom is 0.258 e. The van der Waals surface area contributed by atoms with Crippen LogP contribution in [-0.2, 0) is 6.42 Å². The number of hydrogen-bond donors (Lipinski definition) is 1. The number of rotatable bonds is 7. The van der Waals surface area contributed by atoms with Gasteiger partial charge in [-0.2, -0.15) is 0 Å². The molecule has 7 heteroatoms. The van der Waals surface area contributed by atoms with Crippen LogP contribution < -0.4 is 15.2 Å². The molecule has 0 saturated carbocycles. The minimum atomic E-state index is -0.0774. The van der Waals surface area contributed by atoms with Crippen molar-refractivity contribution in [2.24, 2.45) is 0 Å². The zero-order valence-corrected chi connectivity index (χ0v) is 20.0. The number of aliphatic hydroxyl groups excluding tert-OH is 1. The SMILES string of the molecule is CCc1cc(-c2cc(=O)n3cc(N4CCC(N(C)CCO)CC4)cc(C)c3n2)ccc1OC. The summed E-state index contributed by atoms with van der Waals surface area (Å²) in [4.78, 5) is 22.5. The Hall–Kier alpha value is -2.90. The average molecular weight is 451 g/mol. The van der Waals surface area contributed by atoms with Crippen LogP contribution in [0.1, 0.15) is 30.9 Å². The number of nitrogens with zero attached hydrogens (tertiary/aromatic N) is 4. The van der Waals surface area contributed by atoms with E-state index in [1.807, 2.05) is 25.3 Å². The number of fused-ring (bicyclic) bond motifs is 1. The van der Waals surface area contributed by atoms with Crippen LogP contribution in [0.15, 0.2) is 41.3 Å². The Morgan fingerprint density at radius 3 is 2.64 bits per heavy atom. The predicted molar refractivity (Wildman–Crippen MR) is 133 cm³/mol. The summed E-state index contributed by atoms with van der Waals surface area (Å²) in [6.45, 7) is 6.85. The number of piperidine rings is 1. The first kappa shape index (κ1) is 23.3. The number of aryl methyl sites for hydroxylation is 2. The molecule has 0 radical (unpaired) electrons. The Morgan fingerprint density at radius 1 is 1.21 bits per heavy atom. The van der Waals surface area contributed by atoms with E-state index >= 15 is 0 Å². The molecule has 7 nitrogen and oxygen atoms in total. The summed E-state index contributed by atoms with van der Waals surface area (Å²) < 4.78 is 7.11. The Kier molecular flexibility index (Phi) is 7.00. The Morgan fingerprint density at radius 2 is 1.97 bits per heavy atom. The normalized spacial score (nSPS) is 14.9. The molecule has 0 aliphatic carbocycles. The third-order valence-corrected chi connectivity index (χ3v) is 6.79. The van der Waals surface area contributed by atoms with Gasteiger partial charge >= 0.3 is 0 Å². The summed E-state index contributed by atoms with van der Waals surface area (Å²) >= 11 is 0. The van der Waals surface area contributed by atoms with Crippen molar-refractivity contribution in [3.05, 3.63) is 58.0 Å². The molecule has 1 aromatic carbocycles. The zero-order valence-electron chi connectivity index (χ0n) is 20.0. The molecule has 33 heavy (non-hydrogen) atoms. The smallest absolute Gasteiger partial charge is 0.258 e. The zero-order chi connectivity index (χ0) is 23.5. The highest BCUT2D eigenvalue weighted by atomic mass is 16.5. The number of benzene rings is 1. The van der Waals surface area contributed by atoms with Gasteiger partial charge in [-0.15, -0.1) is 0 Å². The van der Waals surface area contributed by atoms with E-state index in [1.165, 1.54) is 0 Å². The van der Waals surface area contributed by atoms with Crippen molar-refractivity contribution < 1.29 is 9.84 Å². The first-order valence-electron chi connectivity index (χ1n) is 11.7. The molecule has 1 saturated heterocycles.